The molecule has 0 aromatic carbocycles. The molecular weight excluding hydrogens is 194 g/mol. The lowest BCUT2D eigenvalue weighted by atomic mass is 10.2. The van der Waals surface area contributed by atoms with Gasteiger partial charge in [-0.3, -0.25) is 4.79 Å². The molecule has 4 nitrogen and oxygen atoms in total. The maximum atomic E-state index is 12.9. The van der Waals surface area contributed by atoms with Gasteiger partial charge in [0.25, 0.3) is 5.91 Å². The summed E-state index contributed by atoms with van der Waals surface area (Å²) in [5.74, 6) is -3.39. The Hall–Kier alpha value is -1.56. The van der Waals surface area contributed by atoms with Crippen molar-refractivity contribution >= 4 is 5.91 Å². The molecule has 1 heterocycles. The third kappa shape index (κ3) is 2.23. The predicted octanol–water partition coefficient (Wildman–Crippen LogP) is 0.0819. The first kappa shape index (κ1) is 10.5. The van der Waals surface area contributed by atoms with E-state index in [0.717, 1.165) is 12.3 Å². The lowest BCUT2D eigenvalue weighted by Gasteiger charge is -2.03. The minimum absolute atomic E-state index is 0.0117. The molecule has 0 unspecified atom stereocenters. The lowest BCUT2D eigenvalue weighted by Crippen LogP contribution is -2.27. The number of hydrogen-bond donors (Lipinski definition) is 2. The van der Waals surface area contributed by atoms with Gasteiger partial charge in [-0.1, -0.05) is 0 Å². The summed E-state index contributed by atoms with van der Waals surface area (Å²) in [5, 5.41) is 10.6. The lowest BCUT2D eigenvalue weighted by molar-refractivity contribution is 0.0939. The van der Waals surface area contributed by atoms with Crippen LogP contribution in [0.25, 0.3) is 0 Å². The van der Waals surface area contributed by atoms with E-state index in [2.05, 4.69) is 10.3 Å². The highest BCUT2D eigenvalue weighted by Gasteiger charge is 2.14. The monoisotopic (exact) mass is 202 g/mol. The quantitative estimate of drug-likeness (QED) is 0.682. The van der Waals surface area contributed by atoms with Crippen LogP contribution in [0.5, 0.6) is 0 Å². The first-order chi connectivity index (χ1) is 6.66. The Morgan fingerprint density at radius 2 is 2.29 bits per heavy atom. The maximum absolute atomic E-state index is 12.9. The van der Waals surface area contributed by atoms with Crippen LogP contribution in [0.2, 0.25) is 0 Å². The summed E-state index contributed by atoms with van der Waals surface area (Å²) in [6, 6.07) is 1.06. The Morgan fingerprint density at radius 3 is 2.93 bits per heavy atom. The highest BCUT2D eigenvalue weighted by atomic mass is 19.2. The summed E-state index contributed by atoms with van der Waals surface area (Å²) >= 11 is 0. The molecule has 0 aliphatic heterocycles. The molecular formula is C8H8F2N2O2. The van der Waals surface area contributed by atoms with E-state index >= 15 is 0 Å². The van der Waals surface area contributed by atoms with E-state index in [4.69, 9.17) is 5.11 Å². The molecule has 0 bridgehead atoms. The first-order valence-corrected chi connectivity index (χ1v) is 3.86. The number of hydrogen-bond acceptors (Lipinski definition) is 3. The summed E-state index contributed by atoms with van der Waals surface area (Å²) in [5.41, 5.74) is -0.425. The van der Waals surface area contributed by atoms with Crippen molar-refractivity contribution < 1.29 is 18.7 Å². The summed E-state index contributed by atoms with van der Waals surface area (Å²) < 4.78 is 25.5. The van der Waals surface area contributed by atoms with Crippen LogP contribution >= 0.6 is 0 Å². The highest BCUT2D eigenvalue weighted by molar-refractivity contribution is 5.94. The van der Waals surface area contributed by atoms with Crippen molar-refractivity contribution in [2.75, 3.05) is 13.2 Å². The average Bonchev–Trinajstić information content (AvgIpc) is 2.18. The summed E-state index contributed by atoms with van der Waals surface area (Å²) in [6.45, 7) is -0.275. The van der Waals surface area contributed by atoms with Crippen molar-refractivity contribution in [2.24, 2.45) is 0 Å². The number of aliphatic hydroxyl groups excluding tert-OH is 1. The number of nitrogens with zero attached hydrogens (tertiary/aromatic N) is 1. The third-order valence-electron chi connectivity index (χ3n) is 1.49. The van der Waals surface area contributed by atoms with Gasteiger partial charge in [-0.05, 0) is 6.07 Å². The van der Waals surface area contributed by atoms with Gasteiger partial charge in [0.15, 0.2) is 5.82 Å². The van der Waals surface area contributed by atoms with Gasteiger partial charge in [0.2, 0.25) is 5.95 Å². The minimum Gasteiger partial charge on any atom is -0.395 e. The van der Waals surface area contributed by atoms with Gasteiger partial charge in [0.1, 0.15) is 0 Å². The van der Waals surface area contributed by atoms with Gasteiger partial charge in [0.05, 0.1) is 12.2 Å². The molecule has 1 rings (SSSR count). The number of carbonyl (C=O) groups is 1. The second kappa shape index (κ2) is 4.61. The second-order valence-electron chi connectivity index (χ2n) is 2.44. The van der Waals surface area contributed by atoms with E-state index in [1.54, 1.807) is 0 Å². The molecule has 1 aromatic heterocycles. The third-order valence-corrected chi connectivity index (χ3v) is 1.49. The molecule has 76 valence electrons. The van der Waals surface area contributed by atoms with Gasteiger partial charge in [-0.15, -0.1) is 0 Å². The Kier molecular flexibility index (Phi) is 3.47. The Balaban J connectivity index is 2.84. The van der Waals surface area contributed by atoms with Gasteiger partial charge in [-0.25, -0.2) is 9.37 Å². The average molecular weight is 202 g/mol. The molecule has 0 aliphatic rings. The molecule has 0 fully saturated rings. The van der Waals surface area contributed by atoms with Crippen LogP contribution in [-0.2, 0) is 0 Å². The summed E-state index contributed by atoms with van der Waals surface area (Å²) in [4.78, 5) is 14.2. The molecule has 1 amide bonds. The van der Waals surface area contributed by atoms with Crippen molar-refractivity contribution in [1.29, 1.82) is 0 Å². The van der Waals surface area contributed by atoms with E-state index < -0.39 is 23.2 Å². The van der Waals surface area contributed by atoms with Crippen molar-refractivity contribution in [3.63, 3.8) is 0 Å². The molecule has 6 heteroatoms. The number of halogens is 2. The van der Waals surface area contributed by atoms with Gasteiger partial charge >= 0.3 is 0 Å². The number of nitrogens with one attached hydrogen (secondary N) is 1. The highest BCUT2D eigenvalue weighted by Crippen LogP contribution is 2.08. The molecule has 2 N–H and O–H groups in total. The molecule has 14 heavy (non-hydrogen) atoms. The molecule has 0 aliphatic carbocycles. The Labute approximate surface area is 78.6 Å². The summed E-state index contributed by atoms with van der Waals surface area (Å²) in [7, 11) is 0. The fourth-order valence-corrected chi connectivity index (χ4v) is 0.858. The fraction of sp³-hybridized carbons (Fsp3) is 0.250. The zero-order valence-electron chi connectivity index (χ0n) is 7.13. The second-order valence-corrected chi connectivity index (χ2v) is 2.44. The van der Waals surface area contributed by atoms with Crippen molar-refractivity contribution in [3.05, 3.63) is 29.6 Å². The zero-order chi connectivity index (χ0) is 10.6. The standard InChI is InChI=1S/C8H8F2N2O2/c9-6-5(1-2-11-7(6)10)8(14)12-3-4-13/h1-2,13H,3-4H2,(H,12,14). The largest absolute Gasteiger partial charge is 0.395 e. The number of amides is 1. The zero-order valence-corrected chi connectivity index (χ0v) is 7.13. The van der Waals surface area contributed by atoms with Crippen molar-refractivity contribution in [2.45, 2.75) is 0 Å². The van der Waals surface area contributed by atoms with E-state index in [0.29, 0.717) is 0 Å². The van der Waals surface area contributed by atoms with Gasteiger partial charge in [-0.2, -0.15) is 4.39 Å². The summed E-state index contributed by atoms with van der Waals surface area (Å²) in [6.07, 6.45) is 0.992. The van der Waals surface area contributed by atoms with Crippen molar-refractivity contribution in [3.8, 4) is 0 Å². The number of carbonyl (C=O) groups excluding carboxylic acids is 1. The molecule has 0 radical (unpaired) electrons. The number of aliphatic hydroxyl groups is 1. The van der Waals surface area contributed by atoms with E-state index in [1.165, 1.54) is 0 Å². The Bertz CT molecular complexity index is 344. The predicted molar refractivity (Wildman–Crippen MR) is 43.6 cm³/mol. The Morgan fingerprint density at radius 1 is 1.57 bits per heavy atom. The van der Waals surface area contributed by atoms with E-state index in [1.807, 2.05) is 0 Å². The van der Waals surface area contributed by atoms with Crippen LogP contribution in [0.1, 0.15) is 10.4 Å². The number of aromatic nitrogens is 1. The molecule has 0 saturated heterocycles. The molecule has 1 aromatic rings. The van der Waals surface area contributed by atoms with Crippen LogP contribution < -0.4 is 5.32 Å². The molecule has 0 spiro atoms. The van der Waals surface area contributed by atoms with Crippen LogP contribution in [-0.4, -0.2) is 29.1 Å². The van der Waals surface area contributed by atoms with E-state index in [-0.39, 0.29) is 13.2 Å². The normalized spacial score (nSPS) is 9.93. The smallest absolute Gasteiger partial charge is 0.254 e. The van der Waals surface area contributed by atoms with Crippen LogP contribution in [0, 0.1) is 11.8 Å². The molecule has 0 atom stereocenters. The number of rotatable bonds is 3. The number of pyridine rings is 1. The first-order valence-electron chi connectivity index (χ1n) is 3.86. The van der Waals surface area contributed by atoms with Crippen LogP contribution in [0.15, 0.2) is 12.3 Å². The maximum Gasteiger partial charge on any atom is 0.254 e. The minimum atomic E-state index is -1.32. The van der Waals surface area contributed by atoms with Crippen LogP contribution in [0.4, 0.5) is 8.78 Å². The fourth-order valence-electron chi connectivity index (χ4n) is 0.858. The van der Waals surface area contributed by atoms with E-state index in [9.17, 15) is 13.6 Å². The van der Waals surface area contributed by atoms with Crippen molar-refractivity contribution in [1.82, 2.24) is 10.3 Å². The van der Waals surface area contributed by atoms with Crippen LogP contribution in [0.3, 0.4) is 0 Å². The molecule has 0 saturated carbocycles. The SMILES string of the molecule is O=C(NCCO)c1ccnc(F)c1F. The van der Waals surface area contributed by atoms with Gasteiger partial charge in [0, 0.05) is 12.7 Å². The topological polar surface area (TPSA) is 62.2 Å². The van der Waals surface area contributed by atoms with Gasteiger partial charge < -0.3 is 10.4 Å².